The second-order valence-corrected chi connectivity index (χ2v) is 10.7. The first-order valence-corrected chi connectivity index (χ1v) is 14.2. The van der Waals surface area contributed by atoms with Crippen LogP contribution in [0.1, 0.15) is 39.7 Å². The predicted molar refractivity (Wildman–Crippen MR) is 163 cm³/mol. The first-order chi connectivity index (χ1) is 21.2. The molecule has 2 aromatic carbocycles. The van der Waals surface area contributed by atoms with E-state index in [2.05, 4.69) is 33.3 Å². The van der Waals surface area contributed by atoms with Crippen LogP contribution in [-0.4, -0.2) is 58.2 Å². The Labute approximate surface area is 255 Å². The molecule has 226 valence electrons. The minimum Gasteiger partial charge on any atom is -0.478 e. The molecule has 0 unspecified atom stereocenters. The highest BCUT2D eigenvalue weighted by molar-refractivity contribution is 5.89. The number of benzene rings is 2. The Hall–Kier alpha value is -5.21. The lowest BCUT2D eigenvalue weighted by molar-refractivity contribution is 0.0697. The standard InChI is InChI=1S/C33H33FN6O4/c1-22-7-9-26(33(41)42)14-30(22)40(19-28-16-36-21-44-28)24(3)18-38-11-12-39(17-23(38)2)31-5-4-6-32(37-31)43-20-27-10-8-25(15-35)13-29(27)34/h4-10,13-14,16,21,23H,3,11-12,17-20H2,1-2H3,(H,41,42)/t23-/m1/s1. The Morgan fingerprint density at radius 2 is 2.09 bits per heavy atom. The number of aryl methyl sites for hydroxylation is 1. The second-order valence-electron chi connectivity index (χ2n) is 10.7. The number of aromatic carboxylic acids is 1. The number of rotatable bonds is 11. The van der Waals surface area contributed by atoms with Gasteiger partial charge in [-0.25, -0.2) is 14.2 Å². The number of nitrogens with zero attached hydrogens (tertiary/aromatic N) is 6. The first-order valence-electron chi connectivity index (χ1n) is 14.2. The molecule has 1 fully saturated rings. The summed E-state index contributed by atoms with van der Waals surface area (Å²) in [7, 11) is 0. The number of pyridine rings is 1. The Morgan fingerprint density at radius 1 is 1.25 bits per heavy atom. The number of carbonyl (C=O) groups is 1. The quantitative estimate of drug-likeness (QED) is 0.241. The zero-order chi connectivity index (χ0) is 31.2. The fourth-order valence-electron chi connectivity index (χ4n) is 5.18. The van der Waals surface area contributed by atoms with Crippen LogP contribution in [0.5, 0.6) is 5.88 Å². The third-order valence-electron chi connectivity index (χ3n) is 7.67. The molecule has 1 saturated heterocycles. The summed E-state index contributed by atoms with van der Waals surface area (Å²) in [4.78, 5) is 26.9. The Kier molecular flexibility index (Phi) is 9.21. The van der Waals surface area contributed by atoms with Gasteiger partial charge in [-0.1, -0.05) is 24.8 Å². The number of carboxylic acids is 1. The number of piperazine rings is 1. The minimum absolute atomic E-state index is 0.000296. The first kappa shape index (κ1) is 30.3. The number of nitriles is 1. The smallest absolute Gasteiger partial charge is 0.335 e. The van der Waals surface area contributed by atoms with Crippen molar-refractivity contribution in [3.63, 3.8) is 0 Å². The average molecular weight is 597 g/mol. The summed E-state index contributed by atoms with van der Waals surface area (Å²) in [6.07, 6.45) is 3.02. The maximum absolute atomic E-state index is 14.3. The number of anilines is 2. The monoisotopic (exact) mass is 596 g/mol. The van der Waals surface area contributed by atoms with Gasteiger partial charge in [0.2, 0.25) is 5.88 Å². The SMILES string of the molecule is C=C(CN1CCN(c2cccc(OCc3ccc(C#N)cc3F)n2)C[C@H]1C)N(Cc1cnco1)c1cc(C(=O)O)ccc1C. The fourth-order valence-corrected chi connectivity index (χ4v) is 5.18. The predicted octanol–water partition coefficient (Wildman–Crippen LogP) is 5.40. The highest BCUT2D eigenvalue weighted by Gasteiger charge is 2.27. The van der Waals surface area contributed by atoms with Crippen LogP contribution >= 0.6 is 0 Å². The van der Waals surface area contributed by atoms with Crippen LogP contribution in [-0.2, 0) is 13.2 Å². The molecule has 2 aromatic heterocycles. The number of ether oxygens (including phenoxy) is 1. The molecule has 0 radical (unpaired) electrons. The van der Waals surface area contributed by atoms with Crippen molar-refractivity contribution >= 4 is 17.5 Å². The van der Waals surface area contributed by atoms with Gasteiger partial charge in [0, 0.05) is 55.2 Å². The summed E-state index contributed by atoms with van der Waals surface area (Å²) in [5.41, 5.74) is 3.27. The lowest BCUT2D eigenvalue weighted by atomic mass is 10.1. The molecule has 1 aliphatic rings. The number of hydrogen-bond acceptors (Lipinski definition) is 9. The van der Waals surface area contributed by atoms with Crippen LogP contribution < -0.4 is 14.5 Å². The molecule has 0 amide bonds. The number of aromatic nitrogens is 2. The molecular weight excluding hydrogens is 563 g/mol. The second kappa shape index (κ2) is 13.4. The minimum atomic E-state index is -0.995. The summed E-state index contributed by atoms with van der Waals surface area (Å²) in [6, 6.07) is 17.0. The van der Waals surface area contributed by atoms with Crippen LogP contribution in [0.2, 0.25) is 0 Å². The molecule has 4 aromatic rings. The van der Waals surface area contributed by atoms with Crippen molar-refractivity contribution in [2.24, 2.45) is 0 Å². The van der Waals surface area contributed by atoms with Crippen molar-refractivity contribution in [3.05, 3.63) is 113 Å². The summed E-state index contributed by atoms with van der Waals surface area (Å²) in [5, 5.41) is 18.6. The summed E-state index contributed by atoms with van der Waals surface area (Å²) >= 11 is 0. The topological polar surface area (TPSA) is 119 Å². The lowest BCUT2D eigenvalue weighted by Crippen LogP contribution is -2.53. The molecule has 5 rings (SSSR count). The number of hydrogen-bond donors (Lipinski definition) is 1. The molecule has 3 heterocycles. The van der Waals surface area contributed by atoms with E-state index < -0.39 is 11.8 Å². The van der Waals surface area contributed by atoms with Gasteiger partial charge < -0.3 is 24.1 Å². The van der Waals surface area contributed by atoms with Gasteiger partial charge in [0.05, 0.1) is 29.9 Å². The van der Waals surface area contributed by atoms with Gasteiger partial charge in [-0.3, -0.25) is 4.90 Å². The van der Waals surface area contributed by atoms with Crippen LogP contribution in [0.3, 0.4) is 0 Å². The maximum atomic E-state index is 14.3. The van der Waals surface area contributed by atoms with Gasteiger partial charge in [-0.2, -0.15) is 10.2 Å². The molecule has 0 aliphatic carbocycles. The van der Waals surface area contributed by atoms with Gasteiger partial charge in [0.15, 0.2) is 6.39 Å². The molecule has 44 heavy (non-hydrogen) atoms. The molecule has 1 aliphatic heterocycles. The largest absolute Gasteiger partial charge is 0.478 e. The van der Waals surface area contributed by atoms with Crippen molar-refractivity contribution in [1.29, 1.82) is 5.26 Å². The number of oxazole rings is 1. The Bertz CT molecular complexity index is 1690. The molecule has 0 spiro atoms. The highest BCUT2D eigenvalue weighted by atomic mass is 19.1. The summed E-state index contributed by atoms with van der Waals surface area (Å²) in [6.45, 7) is 11.6. The number of carboxylic acid groups (broad SMARTS) is 1. The van der Waals surface area contributed by atoms with Gasteiger partial charge in [-0.05, 0) is 49.7 Å². The molecule has 0 saturated carbocycles. The zero-order valence-corrected chi connectivity index (χ0v) is 24.6. The van der Waals surface area contributed by atoms with Crippen molar-refractivity contribution in [3.8, 4) is 11.9 Å². The number of halogens is 1. The van der Waals surface area contributed by atoms with Gasteiger partial charge in [0.25, 0.3) is 0 Å². The van der Waals surface area contributed by atoms with E-state index in [1.807, 2.05) is 30.0 Å². The van der Waals surface area contributed by atoms with Crippen molar-refractivity contribution in [2.45, 2.75) is 33.0 Å². The molecule has 11 heteroatoms. The molecule has 1 N–H and O–H groups in total. The normalized spacial score (nSPS) is 15.0. The van der Waals surface area contributed by atoms with Crippen molar-refractivity contribution in [2.75, 3.05) is 36.0 Å². The molecular formula is C33H33FN6O4. The van der Waals surface area contributed by atoms with Gasteiger partial charge >= 0.3 is 5.97 Å². The highest BCUT2D eigenvalue weighted by Crippen LogP contribution is 2.29. The molecule has 0 bridgehead atoms. The summed E-state index contributed by atoms with van der Waals surface area (Å²) < 4.78 is 25.6. The maximum Gasteiger partial charge on any atom is 0.335 e. The zero-order valence-electron chi connectivity index (χ0n) is 24.6. The Morgan fingerprint density at radius 3 is 2.80 bits per heavy atom. The Balaban J connectivity index is 1.24. The van der Waals surface area contributed by atoms with E-state index in [1.54, 1.807) is 42.6 Å². The van der Waals surface area contributed by atoms with Crippen LogP contribution in [0.25, 0.3) is 0 Å². The van der Waals surface area contributed by atoms with E-state index in [4.69, 9.17) is 14.4 Å². The van der Waals surface area contributed by atoms with E-state index in [-0.39, 0.29) is 23.8 Å². The van der Waals surface area contributed by atoms with E-state index in [1.165, 1.54) is 12.5 Å². The third-order valence-corrected chi connectivity index (χ3v) is 7.67. The average Bonchev–Trinajstić information content (AvgIpc) is 3.54. The van der Waals surface area contributed by atoms with E-state index in [0.29, 0.717) is 43.4 Å². The van der Waals surface area contributed by atoms with Gasteiger partial charge in [0.1, 0.15) is 24.0 Å². The van der Waals surface area contributed by atoms with Gasteiger partial charge in [-0.15, -0.1) is 0 Å². The molecule has 1 atom stereocenters. The fraction of sp³-hybridized carbons (Fsp3) is 0.273. The third kappa shape index (κ3) is 7.04. The van der Waals surface area contributed by atoms with E-state index in [0.717, 1.165) is 29.3 Å². The van der Waals surface area contributed by atoms with Crippen LogP contribution in [0, 0.1) is 24.1 Å². The van der Waals surface area contributed by atoms with Crippen molar-refractivity contribution < 1.29 is 23.4 Å². The van der Waals surface area contributed by atoms with E-state index in [9.17, 15) is 14.3 Å². The van der Waals surface area contributed by atoms with Crippen LogP contribution in [0.4, 0.5) is 15.9 Å². The lowest BCUT2D eigenvalue weighted by Gasteiger charge is -2.42. The summed E-state index contributed by atoms with van der Waals surface area (Å²) in [5.74, 6) is 0.304. The van der Waals surface area contributed by atoms with Crippen LogP contribution in [0.15, 0.2) is 83.9 Å². The van der Waals surface area contributed by atoms with Crippen molar-refractivity contribution in [1.82, 2.24) is 14.9 Å². The van der Waals surface area contributed by atoms with E-state index >= 15 is 0 Å². The molecule has 10 nitrogen and oxygen atoms in total.